The number of benzene rings is 3. The van der Waals surface area contributed by atoms with Crippen LogP contribution in [0.15, 0.2) is 81.7 Å². The van der Waals surface area contributed by atoms with Gasteiger partial charge in [0.1, 0.15) is 16.8 Å². The molecule has 0 unspecified atom stereocenters. The largest absolute Gasteiger partial charge is 0.462 e. The summed E-state index contributed by atoms with van der Waals surface area (Å²) < 4.78 is 16.3. The lowest BCUT2D eigenvalue weighted by Crippen LogP contribution is -2.18. The van der Waals surface area contributed by atoms with Crippen molar-refractivity contribution in [1.29, 1.82) is 0 Å². The number of ether oxygens (including phenoxy) is 1. The van der Waals surface area contributed by atoms with Gasteiger partial charge in [-0.25, -0.2) is 4.79 Å². The summed E-state index contributed by atoms with van der Waals surface area (Å²) in [5, 5.41) is 10.6. The number of nitrogens with zero attached hydrogens (tertiary/aromatic N) is 1. The van der Waals surface area contributed by atoms with Crippen molar-refractivity contribution in [3.8, 4) is 11.3 Å². The molecular formula is C29H22ClN3O6. The van der Waals surface area contributed by atoms with Gasteiger partial charge in [0.15, 0.2) is 5.76 Å². The summed E-state index contributed by atoms with van der Waals surface area (Å²) in [4.78, 5) is 38.7. The van der Waals surface area contributed by atoms with Crippen LogP contribution >= 0.6 is 11.6 Å². The third kappa shape index (κ3) is 5.25. The van der Waals surface area contributed by atoms with Crippen molar-refractivity contribution in [1.82, 2.24) is 5.16 Å². The summed E-state index contributed by atoms with van der Waals surface area (Å²) in [6, 6.07) is 20.0. The van der Waals surface area contributed by atoms with Gasteiger partial charge < -0.3 is 24.3 Å². The van der Waals surface area contributed by atoms with E-state index in [1.165, 1.54) is 0 Å². The SMILES string of the molecule is CCOC(=O)c1ccc(NC(=O)c2oc3ccccc3c2NC(=O)c2c(C)noc2-c2ccc(Cl)cc2)cc1. The van der Waals surface area contributed by atoms with Crippen LogP contribution in [0.3, 0.4) is 0 Å². The van der Waals surface area contributed by atoms with Crippen molar-refractivity contribution >= 4 is 51.7 Å². The topological polar surface area (TPSA) is 124 Å². The van der Waals surface area contributed by atoms with Gasteiger partial charge in [-0.05, 0) is 74.5 Å². The van der Waals surface area contributed by atoms with E-state index in [2.05, 4.69) is 15.8 Å². The molecule has 0 saturated carbocycles. The fourth-order valence-electron chi connectivity index (χ4n) is 4.03. The molecule has 2 amide bonds. The van der Waals surface area contributed by atoms with E-state index in [4.69, 9.17) is 25.3 Å². The molecule has 0 spiro atoms. The Morgan fingerprint density at radius 2 is 1.64 bits per heavy atom. The Kier molecular flexibility index (Phi) is 7.16. The molecule has 0 radical (unpaired) electrons. The Morgan fingerprint density at radius 3 is 2.36 bits per heavy atom. The van der Waals surface area contributed by atoms with E-state index in [1.54, 1.807) is 86.6 Å². The molecule has 0 aliphatic heterocycles. The highest BCUT2D eigenvalue weighted by molar-refractivity contribution is 6.30. The Morgan fingerprint density at radius 1 is 0.923 bits per heavy atom. The van der Waals surface area contributed by atoms with E-state index in [0.29, 0.717) is 38.5 Å². The number of rotatable bonds is 7. The fourth-order valence-corrected chi connectivity index (χ4v) is 4.16. The van der Waals surface area contributed by atoms with Crippen molar-refractivity contribution < 1.29 is 28.1 Å². The number of carbonyl (C=O) groups excluding carboxylic acids is 3. The van der Waals surface area contributed by atoms with Gasteiger partial charge >= 0.3 is 5.97 Å². The summed E-state index contributed by atoms with van der Waals surface area (Å²) in [5.74, 6) is -1.41. The van der Waals surface area contributed by atoms with Gasteiger partial charge in [-0.3, -0.25) is 9.59 Å². The van der Waals surface area contributed by atoms with E-state index in [-0.39, 0.29) is 29.4 Å². The summed E-state index contributed by atoms with van der Waals surface area (Å²) in [5.41, 5.74) is 2.58. The zero-order valence-electron chi connectivity index (χ0n) is 20.9. The van der Waals surface area contributed by atoms with Crippen LogP contribution in [0.4, 0.5) is 11.4 Å². The molecule has 0 atom stereocenters. The monoisotopic (exact) mass is 543 g/mol. The molecule has 2 N–H and O–H groups in total. The number of nitrogens with one attached hydrogen (secondary N) is 2. The number of anilines is 2. The lowest BCUT2D eigenvalue weighted by molar-refractivity contribution is 0.0526. The Balaban J connectivity index is 1.45. The maximum absolute atomic E-state index is 13.5. The van der Waals surface area contributed by atoms with Crippen LogP contribution in [0.1, 0.15) is 43.9 Å². The molecule has 0 aliphatic rings. The number of fused-ring (bicyclic) bond motifs is 1. The van der Waals surface area contributed by atoms with Crippen LogP contribution < -0.4 is 10.6 Å². The Labute approximate surface area is 227 Å². The van der Waals surface area contributed by atoms with Crippen LogP contribution in [0.2, 0.25) is 5.02 Å². The Hall–Kier alpha value is -4.89. The maximum Gasteiger partial charge on any atom is 0.338 e. The number of amides is 2. The van der Waals surface area contributed by atoms with Crippen LogP contribution in [0.25, 0.3) is 22.3 Å². The van der Waals surface area contributed by atoms with Gasteiger partial charge in [0.25, 0.3) is 11.8 Å². The second-order valence-electron chi connectivity index (χ2n) is 8.49. The van der Waals surface area contributed by atoms with E-state index in [0.717, 1.165) is 0 Å². The number of halogens is 1. The highest BCUT2D eigenvalue weighted by atomic mass is 35.5. The normalized spacial score (nSPS) is 10.8. The predicted molar refractivity (Wildman–Crippen MR) is 146 cm³/mol. The highest BCUT2D eigenvalue weighted by Crippen LogP contribution is 2.34. The number of esters is 1. The molecule has 5 rings (SSSR count). The third-order valence-electron chi connectivity index (χ3n) is 5.89. The minimum atomic E-state index is -0.592. The molecule has 2 heterocycles. The standard InChI is InChI=1S/C29H22ClN3O6/c1-3-37-29(36)18-10-14-20(15-11-18)31-28(35)26-24(21-6-4-5-7-22(21)38-26)32-27(34)23-16(2)33-39-25(23)17-8-12-19(30)13-9-17/h4-15H,3H2,1-2H3,(H,31,35)(H,32,34). The average Bonchev–Trinajstić information content (AvgIpc) is 3.50. The van der Waals surface area contributed by atoms with Crippen LogP contribution in [-0.2, 0) is 4.74 Å². The zero-order valence-corrected chi connectivity index (χ0v) is 21.7. The highest BCUT2D eigenvalue weighted by Gasteiger charge is 2.27. The lowest BCUT2D eigenvalue weighted by Gasteiger charge is -2.08. The van der Waals surface area contributed by atoms with Gasteiger partial charge in [-0.2, -0.15) is 0 Å². The lowest BCUT2D eigenvalue weighted by atomic mass is 10.1. The number of carbonyl (C=O) groups is 3. The second kappa shape index (κ2) is 10.8. The molecule has 3 aromatic carbocycles. The van der Waals surface area contributed by atoms with Crippen LogP contribution in [0, 0.1) is 6.92 Å². The number of hydrogen-bond donors (Lipinski definition) is 2. The first-order valence-corrected chi connectivity index (χ1v) is 12.4. The minimum Gasteiger partial charge on any atom is -0.462 e. The van der Waals surface area contributed by atoms with Gasteiger partial charge in [0.2, 0.25) is 5.76 Å². The first-order chi connectivity index (χ1) is 18.9. The molecule has 5 aromatic rings. The number of para-hydroxylation sites is 1. The van der Waals surface area contributed by atoms with Gasteiger partial charge in [0.05, 0.1) is 17.9 Å². The minimum absolute atomic E-state index is 0.0961. The number of aryl methyl sites for hydroxylation is 1. The van der Waals surface area contributed by atoms with Crippen molar-refractivity contribution in [2.75, 3.05) is 17.2 Å². The van der Waals surface area contributed by atoms with Crippen LogP contribution in [0.5, 0.6) is 0 Å². The van der Waals surface area contributed by atoms with Crippen molar-refractivity contribution in [3.63, 3.8) is 0 Å². The first-order valence-electron chi connectivity index (χ1n) is 12.0. The average molecular weight is 544 g/mol. The molecule has 0 saturated heterocycles. The molecule has 0 aliphatic carbocycles. The summed E-state index contributed by atoms with van der Waals surface area (Å²) in [6.45, 7) is 3.63. The summed E-state index contributed by atoms with van der Waals surface area (Å²) >= 11 is 6.00. The van der Waals surface area contributed by atoms with Crippen LogP contribution in [-0.4, -0.2) is 29.5 Å². The first kappa shape index (κ1) is 25.7. The number of aromatic nitrogens is 1. The van der Waals surface area contributed by atoms with E-state index < -0.39 is 17.8 Å². The number of furan rings is 1. The molecular weight excluding hydrogens is 522 g/mol. The zero-order chi connectivity index (χ0) is 27.5. The quantitative estimate of drug-likeness (QED) is 0.218. The van der Waals surface area contributed by atoms with Crippen molar-refractivity contribution in [3.05, 3.63) is 100 Å². The smallest absolute Gasteiger partial charge is 0.338 e. The molecule has 39 heavy (non-hydrogen) atoms. The molecule has 0 bridgehead atoms. The molecule has 10 heteroatoms. The maximum atomic E-state index is 13.5. The van der Waals surface area contributed by atoms with Crippen molar-refractivity contribution in [2.45, 2.75) is 13.8 Å². The molecule has 0 fully saturated rings. The van der Waals surface area contributed by atoms with E-state index in [1.807, 2.05) is 0 Å². The van der Waals surface area contributed by atoms with E-state index >= 15 is 0 Å². The summed E-state index contributed by atoms with van der Waals surface area (Å²) in [7, 11) is 0. The molecule has 2 aromatic heterocycles. The summed E-state index contributed by atoms with van der Waals surface area (Å²) in [6.07, 6.45) is 0. The second-order valence-corrected chi connectivity index (χ2v) is 8.92. The molecule has 196 valence electrons. The van der Waals surface area contributed by atoms with Gasteiger partial charge in [-0.1, -0.05) is 28.9 Å². The third-order valence-corrected chi connectivity index (χ3v) is 6.14. The predicted octanol–water partition coefficient (Wildman–Crippen LogP) is 6.73. The molecule has 9 nitrogen and oxygen atoms in total. The fraction of sp³-hybridized carbons (Fsp3) is 0.103. The Bertz CT molecular complexity index is 1690. The van der Waals surface area contributed by atoms with E-state index in [9.17, 15) is 14.4 Å². The number of hydrogen-bond acceptors (Lipinski definition) is 7. The van der Waals surface area contributed by atoms with Gasteiger partial charge in [-0.15, -0.1) is 0 Å². The van der Waals surface area contributed by atoms with Crippen molar-refractivity contribution in [2.24, 2.45) is 0 Å². The van der Waals surface area contributed by atoms with Gasteiger partial charge in [0, 0.05) is 21.7 Å².